The molecule has 1 heterocycles. The van der Waals surface area contributed by atoms with Crippen LogP contribution in [-0.4, -0.2) is 27.7 Å². The Kier molecular flexibility index (Phi) is 4.17. The summed E-state index contributed by atoms with van der Waals surface area (Å²) < 4.78 is 6.45. The van der Waals surface area contributed by atoms with Crippen LogP contribution < -0.4 is 10.1 Å². The van der Waals surface area contributed by atoms with Gasteiger partial charge in [-0.15, -0.1) is 0 Å². The molecule has 0 saturated carbocycles. The average Bonchev–Trinajstić information content (AvgIpc) is 2.96. The molecule has 0 bridgehead atoms. The van der Waals surface area contributed by atoms with Crippen LogP contribution in [0, 0.1) is 10.1 Å². The average molecular weight is 290 g/mol. The van der Waals surface area contributed by atoms with Gasteiger partial charge in [0, 0.05) is 12.7 Å². The van der Waals surface area contributed by atoms with E-state index in [-0.39, 0.29) is 11.4 Å². The number of rotatable bonds is 5. The molecular weight excluding hydrogens is 276 g/mol. The number of nitro groups is 1. The summed E-state index contributed by atoms with van der Waals surface area (Å²) in [5.74, 6) is -0.110. The largest absolute Gasteiger partial charge is 0.496 e. The fourth-order valence-electron chi connectivity index (χ4n) is 1.86. The van der Waals surface area contributed by atoms with Gasteiger partial charge in [0.25, 0.3) is 11.6 Å². The van der Waals surface area contributed by atoms with Crippen molar-refractivity contribution in [1.29, 1.82) is 0 Å². The van der Waals surface area contributed by atoms with Gasteiger partial charge in [-0.2, -0.15) is 5.10 Å². The first-order valence-corrected chi connectivity index (χ1v) is 6.22. The van der Waals surface area contributed by atoms with Crippen molar-refractivity contribution in [1.82, 2.24) is 9.78 Å². The molecule has 0 aliphatic rings. The smallest absolute Gasteiger partial charge is 0.296 e. The summed E-state index contributed by atoms with van der Waals surface area (Å²) in [7, 11) is 1.41. The highest BCUT2D eigenvalue weighted by molar-refractivity contribution is 6.04. The predicted molar refractivity (Wildman–Crippen MR) is 75.5 cm³/mol. The molecule has 0 atom stereocenters. The highest BCUT2D eigenvalue weighted by atomic mass is 16.6. The molecule has 110 valence electrons. The number of nitro benzene ring substituents is 1. The molecule has 2 aromatic rings. The molecule has 0 spiro atoms. The van der Waals surface area contributed by atoms with Crippen molar-refractivity contribution in [2.45, 2.75) is 13.5 Å². The molecule has 0 saturated heterocycles. The summed E-state index contributed by atoms with van der Waals surface area (Å²) in [5, 5.41) is 17.6. The van der Waals surface area contributed by atoms with Crippen molar-refractivity contribution in [3.8, 4) is 5.75 Å². The molecule has 1 N–H and O–H groups in total. The van der Waals surface area contributed by atoms with Crippen LogP contribution in [-0.2, 0) is 6.54 Å². The van der Waals surface area contributed by atoms with Gasteiger partial charge < -0.3 is 10.1 Å². The summed E-state index contributed by atoms with van der Waals surface area (Å²) in [4.78, 5) is 22.6. The number of aromatic nitrogens is 2. The Morgan fingerprint density at radius 2 is 2.24 bits per heavy atom. The van der Waals surface area contributed by atoms with E-state index in [9.17, 15) is 14.9 Å². The summed E-state index contributed by atoms with van der Waals surface area (Å²) in [5.41, 5.74) is 0.211. The van der Waals surface area contributed by atoms with Gasteiger partial charge in [-0.1, -0.05) is 0 Å². The molecular formula is C13H14N4O4. The summed E-state index contributed by atoms with van der Waals surface area (Å²) in [6, 6.07) is 5.78. The molecule has 8 nitrogen and oxygen atoms in total. The van der Waals surface area contributed by atoms with Crippen molar-refractivity contribution < 1.29 is 14.5 Å². The molecule has 1 aromatic carbocycles. The standard InChI is InChI=1S/C13H14N4O4/c1-3-16-11(6-7-14-16)13(18)15-10-5-4-9(21-2)8-12(10)17(19)20/h4-8H,3H2,1-2H3,(H,15,18). The normalized spacial score (nSPS) is 10.2. The van der Waals surface area contributed by atoms with E-state index in [1.54, 1.807) is 12.1 Å². The van der Waals surface area contributed by atoms with Crippen LogP contribution in [0.15, 0.2) is 30.5 Å². The minimum absolute atomic E-state index is 0.106. The first-order valence-electron chi connectivity index (χ1n) is 6.22. The maximum Gasteiger partial charge on any atom is 0.296 e. The minimum atomic E-state index is -0.574. The first-order chi connectivity index (χ1) is 10.1. The van der Waals surface area contributed by atoms with Gasteiger partial charge in [0.2, 0.25) is 0 Å². The Labute approximate surface area is 120 Å². The number of amides is 1. The highest BCUT2D eigenvalue weighted by Crippen LogP contribution is 2.29. The Morgan fingerprint density at radius 3 is 2.86 bits per heavy atom. The molecule has 8 heteroatoms. The molecule has 1 aromatic heterocycles. The van der Waals surface area contributed by atoms with E-state index in [0.717, 1.165) is 0 Å². The minimum Gasteiger partial charge on any atom is -0.496 e. The van der Waals surface area contributed by atoms with Gasteiger partial charge in [-0.3, -0.25) is 19.6 Å². The molecule has 0 aliphatic carbocycles. The van der Waals surface area contributed by atoms with Crippen molar-refractivity contribution in [3.05, 3.63) is 46.3 Å². The highest BCUT2D eigenvalue weighted by Gasteiger charge is 2.19. The molecule has 1 amide bonds. The van der Waals surface area contributed by atoms with Crippen LogP contribution in [0.1, 0.15) is 17.4 Å². The fourth-order valence-corrected chi connectivity index (χ4v) is 1.86. The second-order valence-electron chi connectivity index (χ2n) is 4.13. The van der Waals surface area contributed by atoms with Gasteiger partial charge in [-0.25, -0.2) is 0 Å². The van der Waals surface area contributed by atoms with Crippen LogP contribution in [0.2, 0.25) is 0 Å². The summed E-state index contributed by atoms with van der Waals surface area (Å²) in [6.07, 6.45) is 1.50. The van der Waals surface area contributed by atoms with E-state index in [1.807, 2.05) is 6.92 Å². The van der Waals surface area contributed by atoms with E-state index >= 15 is 0 Å². The third kappa shape index (κ3) is 2.99. The van der Waals surface area contributed by atoms with Crippen LogP contribution in [0.5, 0.6) is 5.75 Å². The number of ether oxygens (including phenoxy) is 1. The number of nitrogens with one attached hydrogen (secondary N) is 1. The Morgan fingerprint density at radius 1 is 1.48 bits per heavy atom. The van der Waals surface area contributed by atoms with E-state index in [1.165, 1.54) is 30.1 Å². The number of carbonyl (C=O) groups is 1. The van der Waals surface area contributed by atoms with Gasteiger partial charge in [-0.05, 0) is 25.1 Å². The number of carbonyl (C=O) groups excluding carboxylic acids is 1. The number of nitrogens with zero attached hydrogens (tertiary/aromatic N) is 3. The number of benzene rings is 1. The number of hydrogen-bond acceptors (Lipinski definition) is 5. The Bertz CT molecular complexity index is 681. The predicted octanol–water partition coefficient (Wildman–Crippen LogP) is 2.07. The quantitative estimate of drug-likeness (QED) is 0.671. The summed E-state index contributed by atoms with van der Waals surface area (Å²) in [6.45, 7) is 2.38. The number of anilines is 1. The topological polar surface area (TPSA) is 99.3 Å². The van der Waals surface area contributed by atoms with Gasteiger partial charge in [0.1, 0.15) is 17.1 Å². The third-order valence-electron chi connectivity index (χ3n) is 2.90. The number of hydrogen-bond donors (Lipinski definition) is 1. The fraction of sp³-hybridized carbons (Fsp3) is 0.231. The number of aryl methyl sites for hydroxylation is 1. The maximum atomic E-state index is 12.2. The van der Waals surface area contributed by atoms with Crippen molar-refractivity contribution in [2.75, 3.05) is 12.4 Å². The number of methoxy groups -OCH3 is 1. The lowest BCUT2D eigenvalue weighted by Crippen LogP contribution is -2.18. The summed E-state index contributed by atoms with van der Waals surface area (Å²) >= 11 is 0. The van der Waals surface area contributed by atoms with E-state index in [4.69, 9.17) is 4.74 Å². The van der Waals surface area contributed by atoms with Crippen molar-refractivity contribution >= 4 is 17.3 Å². The zero-order valence-corrected chi connectivity index (χ0v) is 11.6. The molecule has 0 aliphatic heterocycles. The molecule has 0 unspecified atom stereocenters. The molecule has 2 rings (SSSR count). The first kappa shape index (κ1) is 14.5. The molecule has 0 fully saturated rings. The van der Waals surface area contributed by atoms with Crippen LogP contribution in [0.3, 0.4) is 0 Å². The SMILES string of the molecule is CCn1nccc1C(=O)Nc1ccc(OC)cc1[N+](=O)[O-]. The monoisotopic (exact) mass is 290 g/mol. The Hall–Kier alpha value is -2.90. The lowest BCUT2D eigenvalue weighted by Gasteiger charge is -2.08. The lowest BCUT2D eigenvalue weighted by atomic mass is 10.2. The second-order valence-corrected chi connectivity index (χ2v) is 4.13. The van der Waals surface area contributed by atoms with Gasteiger partial charge in [0.05, 0.1) is 18.1 Å². The van der Waals surface area contributed by atoms with Crippen molar-refractivity contribution in [2.24, 2.45) is 0 Å². The molecule has 0 radical (unpaired) electrons. The Balaban J connectivity index is 2.31. The zero-order valence-electron chi connectivity index (χ0n) is 11.6. The van der Waals surface area contributed by atoms with E-state index < -0.39 is 10.8 Å². The lowest BCUT2D eigenvalue weighted by molar-refractivity contribution is -0.384. The molecule has 21 heavy (non-hydrogen) atoms. The van der Waals surface area contributed by atoms with Crippen LogP contribution in [0.25, 0.3) is 0 Å². The van der Waals surface area contributed by atoms with E-state index in [0.29, 0.717) is 18.0 Å². The second kappa shape index (κ2) is 6.04. The van der Waals surface area contributed by atoms with E-state index in [2.05, 4.69) is 10.4 Å². The van der Waals surface area contributed by atoms with Gasteiger partial charge >= 0.3 is 0 Å². The maximum absolute atomic E-state index is 12.2. The zero-order chi connectivity index (χ0) is 15.4. The van der Waals surface area contributed by atoms with Gasteiger partial charge in [0.15, 0.2) is 0 Å². The van der Waals surface area contributed by atoms with Crippen LogP contribution in [0.4, 0.5) is 11.4 Å². The van der Waals surface area contributed by atoms with Crippen molar-refractivity contribution in [3.63, 3.8) is 0 Å². The van der Waals surface area contributed by atoms with Crippen LogP contribution >= 0.6 is 0 Å². The third-order valence-corrected chi connectivity index (χ3v) is 2.90.